The van der Waals surface area contributed by atoms with Crippen LogP contribution in [0.3, 0.4) is 0 Å². The van der Waals surface area contributed by atoms with Gasteiger partial charge in [-0.15, -0.1) is 0 Å². The predicted octanol–water partition coefficient (Wildman–Crippen LogP) is 2.39. The summed E-state index contributed by atoms with van der Waals surface area (Å²) in [5.74, 6) is 0. The summed E-state index contributed by atoms with van der Waals surface area (Å²) in [6.45, 7) is 1.88. The monoisotopic (exact) mass is 220 g/mol. The molecule has 0 aliphatic rings. The van der Waals surface area contributed by atoms with Crippen LogP contribution in [0.5, 0.6) is 0 Å². The zero-order valence-corrected chi connectivity index (χ0v) is 7.70. The van der Waals surface area contributed by atoms with Gasteiger partial charge >= 0.3 is 0 Å². The van der Waals surface area contributed by atoms with E-state index in [-0.39, 0.29) is 0 Å². The molecule has 4 heteroatoms. The quantitative estimate of drug-likeness (QED) is 0.683. The molecule has 0 saturated carbocycles. The van der Waals surface area contributed by atoms with Crippen molar-refractivity contribution in [3.8, 4) is 0 Å². The van der Waals surface area contributed by atoms with Gasteiger partial charge in [0.1, 0.15) is 5.15 Å². The van der Waals surface area contributed by atoms with Gasteiger partial charge < -0.3 is 5.73 Å². The number of hydrogen-bond donors (Lipinski definition) is 1. The van der Waals surface area contributed by atoms with Crippen LogP contribution in [0.1, 0.15) is 5.56 Å². The zero-order chi connectivity index (χ0) is 7.72. The Labute approximate surface area is 72.5 Å². The molecule has 0 unspecified atom stereocenters. The van der Waals surface area contributed by atoms with Crippen LogP contribution in [0.25, 0.3) is 0 Å². The van der Waals surface area contributed by atoms with Gasteiger partial charge in [0.2, 0.25) is 0 Å². The number of nitrogen functional groups attached to an aromatic ring is 1. The molecule has 0 aliphatic carbocycles. The third-order valence-corrected chi connectivity index (χ3v) is 2.53. The highest BCUT2D eigenvalue weighted by atomic mass is 79.9. The first-order chi connectivity index (χ1) is 4.63. The average molecular weight is 221 g/mol. The molecule has 1 rings (SSSR count). The standard InChI is InChI=1S/C6H6BrClN2/c1-3-2-10-6(8)4(7)5(3)9/h2H,1H3,(H2,9,10). The molecule has 1 heterocycles. The largest absolute Gasteiger partial charge is 0.397 e. The van der Waals surface area contributed by atoms with Crippen LogP contribution in [0.4, 0.5) is 5.69 Å². The van der Waals surface area contributed by atoms with Crippen molar-refractivity contribution in [1.82, 2.24) is 4.98 Å². The summed E-state index contributed by atoms with van der Waals surface area (Å²) in [5, 5.41) is 0.406. The molecule has 0 bridgehead atoms. The number of pyridine rings is 1. The van der Waals surface area contributed by atoms with E-state index < -0.39 is 0 Å². The molecule has 0 amide bonds. The van der Waals surface area contributed by atoms with E-state index in [1.54, 1.807) is 6.20 Å². The van der Waals surface area contributed by atoms with Gasteiger partial charge in [-0.2, -0.15) is 0 Å². The van der Waals surface area contributed by atoms with Gasteiger partial charge in [0.15, 0.2) is 0 Å². The first-order valence-corrected chi connectivity index (χ1v) is 3.86. The molecule has 2 nitrogen and oxygen atoms in total. The number of aryl methyl sites for hydroxylation is 1. The Morgan fingerprint density at radius 2 is 2.30 bits per heavy atom. The summed E-state index contributed by atoms with van der Waals surface area (Å²) in [7, 11) is 0. The first-order valence-electron chi connectivity index (χ1n) is 2.69. The lowest BCUT2D eigenvalue weighted by Gasteiger charge is -2.01. The van der Waals surface area contributed by atoms with Crippen molar-refractivity contribution in [3.05, 3.63) is 21.4 Å². The first kappa shape index (κ1) is 7.82. The lowest BCUT2D eigenvalue weighted by Crippen LogP contribution is -1.92. The molecule has 0 spiro atoms. The molecule has 0 saturated heterocycles. The van der Waals surface area contributed by atoms with Gasteiger partial charge in [-0.3, -0.25) is 0 Å². The number of rotatable bonds is 0. The van der Waals surface area contributed by atoms with Crippen molar-refractivity contribution in [2.45, 2.75) is 6.92 Å². The van der Waals surface area contributed by atoms with Crippen LogP contribution in [0.2, 0.25) is 5.15 Å². The van der Waals surface area contributed by atoms with E-state index >= 15 is 0 Å². The summed E-state index contributed by atoms with van der Waals surface area (Å²) in [6.07, 6.45) is 1.64. The van der Waals surface area contributed by atoms with Crippen molar-refractivity contribution in [2.75, 3.05) is 5.73 Å². The fraction of sp³-hybridized carbons (Fsp3) is 0.167. The van der Waals surface area contributed by atoms with Gasteiger partial charge in [-0.25, -0.2) is 4.98 Å². The van der Waals surface area contributed by atoms with Gasteiger partial charge in [0.25, 0.3) is 0 Å². The second kappa shape index (κ2) is 2.76. The molecule has 54 valence electrons. The van der Waals surface area contributed by atoms with Gasteiger partial charge in [0.05, 0.1) is 10.2 Å². The third-order valence-electron chi connectivity index (χ3n) is 1.21. The molecule has 2 N–H and O–H groups in total. The summed E-state index contributed by atoms with van der Waals surface area (Å²) >= 11 is 8.86. The van der Waals surface area contributed by atoms with Crippen LogP contribution in [-0.2, 0) is 0 Å². The Kier molecular flexibility index (Phi) is 2.16. The Balaban J connectivity index is 3.34. The average Bonchev–Trinajstić information content (AvgIpc) is 1.93. The van der Waals surface area contributed by atoms with Crippen LogP contribution in [-0.4, -0.2) is 4.98 Å². The Morgan fingerprint density at radius 1 is 1.70 bits per heavy atom. The minimum atomic E-state index is 0.406. The minimum Gasteiger partial charge on any atom is -0.397 e. The lowest BCUT2D eigenvalue weighted by atomic mass is 10.3. The zero-order valence-electron chi connectivity index (χ0n) is 5.36. The summed E-state index contributed by atoms with van der Waals surface area (Å²) < 4.78 is 0.675. The summed E-state index contributed by atoms with van der Waals surface area (Å²) in [4.78, 5) is 3.88. The molecule has 0 fully saturated rings. The number of aromatic nitrogens is 1. The highest BCUT2D eigenvalue weighted by Gasteiger charge is 2.03. The van der Waals surface area contributed by atoms with E-state index in [0.717, 1.165) is 5.56 Å². The Hall–Kier alpha value is -0.280. The smallest absolute Gasteiger partial charge is 0.145 e. The van der Waals surface area contributed by atoms with Crippen molar-refractivity contribution < 1.29 is 0 Å². The second-order valence-electron chi connectivity index (χ2n) is 1.96. The van der Waals surface area contributed by atoms with Crippen LogP contribution >= 0.6 is 27.5 Å². The molecule has 0 atom stereocenters. The summed E-state index contributed by atoms with van der Waals surface area (Å²) in [6, 6.07) is 0. The number of anilines is 1. The maximum atomic E-state index is 5.65. The number of nitrogens with two attached hydrogens (primary N) is 1. The van der Waals surface area contributed by atoms with Gasteiger partial charge in [-0.1, -0.05) is 11.6 Å². The molecule has 1 aromatic rings. The normalized spacial score (nSPS) is 9.90. The predicted molar refractivity (Wildman–Crippen MR) is 46.1 cm³/mol. The number of halogens is 2. The molecule has 1 aromatic heterocycles. The third kappa shape index (κ3) is 1.25. The van der Waals surface area contributed by atoms with Crippen LogP contribution < -0.4 is 5.73 Å². The van der Waals surface area contributed by atoms with Crippen molar-refractivity contribution in [1.29, 1.82) is 0 Å². The van der Waals surface area contributed by atoms with Crippen molar-refractivity contribution in [2.24, 2.45) is 0 Å². The second-order valence-corrected chi connectivity index (χ2v) is 3.11. The Bertz CT molecular complexity index is 235. The van der Waals surface area contributed by atoms with Gasteiger partial charge in [0, 0.05) is 6.20 Å². The molecule has 10 heavy (non-hydrogen) atoms. The number of nitrogens with zero attached hydrogens (tertiary/aromatic N) is 1. The fourth-order valence-electron chi connectivity index (χ4n) is 0.564. The van der Waals surface area contributed by atoms with Crippen molar-refractivity contribution >= 4 is 33.2 Å². The topological polar surface area (TPSA) is 38.9 Å². The maximum absolute atomic E-state index is 5.65. The van der Waals surface area contributed by atoms with Gasteiger partial charge in [-0.05, 0) is 28.4 Å². The van der Waals surface area contributed by atoms with Crippen LogP contribution in [0, 0.1) is 6.92 Å². The van der Waals surface area contributed by atoms with E-state index in [4.69, 9.17) is 17.3 Å². The maximum Gasteiger partial charge on any atom is 0.145 e. The van der Waals surface area contributed by atoms with E-state index in [0.29, 0.717) is 15.3 Å². The van der Waals surface area contributed by atoms with E-state index in [2.05, 4.69) is 20.9 Å². The highest BCUT2D eigenvalue weighted by molar-refractivity contribution is 9.10. The molecule has 0 radical (unpaired) electrons. The molecular weight excluding hydrogens is 215 g/mol. The molecular formula is C6H6BrClN2. The van der Waals surface area contributed by atoms with E-state index in [1.165, 1.54) is 0 Å². The fourth-order valence-corrected chi connectivity index (χ4v) is 1.13. The number of hydrogen-bond acceptors (Lipinski definition) is 2. The van der Waals surface area contributed by atoms with Crippen molar-refractivity contribution in [3.63, 3.8) is 0 Å². The highest BCUT2D eigenvalue weighted by Crippen LogP contribution is 2.28. The van der Waals surface area contributed by atoms with E-state index in [9.17, 15) is 0 Å². The summed E-state index contributed by atoms with van der Waals surface area (Å²) in [5.41, 5.74) is 7.19. The molecule has 0 aromatic carbocycles. The Morgan fingerprint density at radius 3 is 2.80 bits per heavy atom. The molecule has 0 aliphatic heterocycles. The SMILES string of the molecule is Cc1cnc(Cl)c(Br)c1N. The van der Waals surface area contributed by atoms with Crippen LogP contribution in [0.15, 0.2) is 10.7 Å². The van der Waals surface area contributed by atoms with E-state index in [1.807, 2.05) is 6.92 Å². The lowest BCUT2D eigenvalue weighted by molar-refractivity contribution is 1.26. The minimum absolute atomic E-state index is 0.406.